The molecule has 0 saturated heterocycles. The SMILES string of the molecule is Cn1nnnc1C(N)C1C2CC3CC(C2)CC1C3. The van der Waals surface area contributed by atoms with Crippen LogP contribution >= 0.6 is 0 Å². The summed E-state index contributed by atoms with van der Waals surface area (Å²) in [5.74, 6) is 5.12. The van der Waals surface area contributed by atoms with Crippen LogP contribution in [-0.4, -0.2) is 20.2 Å². The van der Waals surface area contributed by atoms with Crippen molar-refractivity contribution in [2.75, 3.05) is 0 Å². The lowest BCUT2D eigenvalue weighted by Gasteiger charge is -2.55. The van der Waals surface area contributed by atoms with Gasteiger partial charge in [0.1, 0.15) is 0 Å². The molecule has 2 N–H and O–H groups in total. The van der Waals surface area contributed by atoms with Gasteiger partial charge in [-0.15, -0.1) is 5.10 Å². The first kappa shape index (κ1) is 10.9. The lowest BCUT2D eigenvalue weighted by molar-refractivity contribution is -0.0486. The van der Waals surface area contributed by atoms with E-state index in [1.807, 2.05) is 7.05 Å². The number of nitrogens with zero attached hydrogens (tertiary/aromatic N) is 4. The van der Waals surface area contributed by atoms with Gasteiger partial charge in [-0.3, -0.25) is 0 Å². The molecule has 18 heavy (non-hydrogen) atoms. The van der Waals surface area contributed by atoms with Crippen LogP contribution in [0.1, 0.15) is 44.0 Å². The van der Waals surface area contributed by atoms with Crippen molar-refractivity contribution in [3.8, 4) is 0 Å². The van der Waals surface area contributed by atoms with Crippen molar-refractivity contribution in [3.05, 3.63) is 5.82 Å². The van der Waals surface area contributed by atoms with Gasteiger partial charge in [-0.05, 0) is 72.1 Å². The Morgan fingerprint density at radius 2 is 1.72 bits per heavy atom. The fraction of sp³-hybridized carbons (Fsp3) is 0.923. The fourth-order valence-electron chi connectivity index (χ4n) is 5.24. The predicted molar refractivity (Wildman–Crippen MR) is 66.3 cm³/mol. The molecule has 4 fully saturated rings. The summed E-state index contributed by atoms with van der Waals surface area (Å²) in [4.78, 5) is 0. The van der Waals surface area contributed by atoms with Gasteiger partial charge < -0.3 is 5.73 Å². The van der Waals surface area contributed by atoms with E-state index in [9.17, 15) is 0 Å². The van der Waals surface area contributed by atoms with Crippen molar-refractivity contribution < 1.29 is 0 Å². The van der Waals surface area contributed by atoms with E-state index in [1.54, 1.807) is 4.68 Å². The van der Waals surface area contributed by atoms with Gasteiger partial charge in [0.15, 0.2) is 5.82 Å². The summed E-state index contributed by atoms with van der Waals surface area (Å²) in [6, 6.07) is 0.0278. The third-order valence-corrected chi connectivity index (χ3v) is 5.67. The second-order valence-corrected chi connectivity index (χ2v) is 6.69. The Balaban J connectivity index is 1.63. The van der Waals surface area contributed by atoms with Gasteiger partial charge in [-0.2, -0.15) is 0 Å². The van der Waals surface area contributed by atoms with Gasteiger partial charge >= 0.3 is 0 Å². The topological polar surface area (TPSA) is 69.6 Å². The first-order chi connectivity index (χ1) is 8.72. The largest absolute Gasteiger partial charge is 0.321 e. The third kappa shape index (κ3) is 1.46. The number of aromatic nitrogens is 4. The minimum atomic E-state index is 0.0278. The van der Waals surface area contributed by atoms with E-state index in [-0.39, 0.29) is 6.04 Å². The molecule has 4 aliphatic carbocycles. The molecule has 0 aromatic carbocycles. The highest BCUT2D eigenvalue weighted by Gasteiger charge is 2.50. The van der Waals surface area contributed by atoms with Gasteiger partial charge in [0.25, 0.3) is 0 Å². The zero-order valence-electron chi connectivity index (χ0n) is 10.9. The Morgan fingerprint density at radius 1 is 1.11 bits per heavy atom. The first-order valence-electron chi connectivity index (χ1n) is 7.20. The zero-order chi connectivity index (χ0) is 12.3. The van der Waals surface area contributed by atoms with E-state index in [4.69, 9.17) is 5.73 Å². The molecule has 1 aromatic rings. The van der Waals surface area contributed by atoms with E-state index >= 15 is 0 Å². The summed E-state index contributed by atoms with van der Waals surface area (Å²) >= 11 is 0. The third-order valence-electron chi connectivity index (χ3n) is 5.67. The van der Waals surface area contributed by atoms with Crippen LogP contribution in [0.4, 0.5) is 0 Å². The zero-order valence-corrected chi connectivity index (χ0v) is 10.9. The monoisotopic (exact) mass is 247 g/mol. The van der Waals surface area contributed by atoms with E-state index in [0.717, 1.165) is 29.5 Å². The Morgan fingerprint density at radius 3 is 2.22 bits per heavy atom. The number of nitrogens with two attached hydrogens (primary N) is 1. The molecule has 5 nitrogen and oxygen atoms in total. The molecule has 5 rings (SSSR count). The van der Waals surface area contributed by atoms with Gasteiger partial charge in [-0.1, -0.05) is 0 Å². The fourth-order valence-corrected chi connectivity index (χ4v) is 5.24. The molecule has 0 aliphatic heterocycles. The highest BCUT2D eigenvalue weighted by Crippen LogP contribution is 2.58. The molecule has 1 atom stereocenters. The Hall–Kier alpha value is -0.970. The van der Waals surface area contributed by atoms with Crippen LogP contribution in [0.25, 0.3) is 0 Å². The molecule has 1 heterocycles. The number of aryl methyl sites for hydroxylation is 1. The van der Waals surface area contributed by atoms with Crippen LogP contribution in [-0.2, 0) is 7.05 Å². The molecule has 1 unspecified atom stereocenters. The van der Waals surface area contributed by atoms with E-state index in [1.165, 1.54) is 32.1 Å². The molecule has 5 heteroatoms. The second-order valence-electron chi connectivity index (χ2n) is 6.69. The maximum atomic E-state index is 6.50. The van der Waals surface area contributed by atoms with Crippen molar-refractivity contribution in [1.29, 1.82) is 0 Å². The van der Waals surface area contributed by atoms with Crippen LogP contribution in [0.15, 0.2) is 0 Å². The summed E-state index contributed by atoms with van der Waals surface area (Å²) in [6.45, 7) is 0. The summed E-state index contributed by atoms with van der Waals surface area (Å²) < 4.78 is 1.75. The standard InChI is InChI=1S/C13H21N5/c1-18-13(15-16-17-18)12(14)11-9-3-7-2-8(5-9)6-10(11)4-7/h7-12H,2-6,14H2,1H3. The Labute approximate surface area is 107 Å². The van der Waals surface area contributed by atoms with Gasteiger partial charge in [0.05, 0.1) is 6.04 Å². The van der Waals surface area contributed by atoms with Gasteiger partial charge in [0, 0.05) is 7.05 Å². The van der Waals surface area contributed by atoms with E-state index in [2.05, 4.69) is 15.5 Å². The lowest BCUT2D eigenvalue weighted by atomic mass is 9.50. The quantitative estimate of drug-likeness (QED) is 0.854. The molecule has 4 aliphatic rings. The van der Waals surface area contributed by atoms with Crippen molar-refractivity contribution in [3.63, 3.8) is 0 Å². The van der Waals surface area contributed by atoms with Crippen molar-refractivity contribution in [2.24, 2.45) is 42.4 Å². The van der Waals surface area contributed by atoms with Crippen molar-refractivity contribution in [1.82, 2.24) is 20.2 Å². The molecule has 0 amide bonds. The molecule has 0 radical (unpaired) electrons. The molecular weight excluding hydrogens is 226 g/mol. The maximum absolute atomic E-state index is 6.50. The van der Waals surface area contributed by atoms with Crippen LogP contribution in [0.3, 0.4) is 0 Å². The van der Waals surface area contributed by atoms with Crippen LogP contribution in [0.5, 0.6) is 0 Å². The smallest absolute Gasteiger partial charge is 0.168 e. The molecular formula is C13H21N5. The lowest BCUT2D eigenvalue weighted by Crippen LogP contribution is -2.49. The number of tetrazole rings is 1. The Bertz CT molecular complexity index is 426. The van der Waals surface area contributed by atoms with Crippen LogP contribution < -0.4 is 5.73 Å². The average molecular weight is 247 g/mol. The minimum Gasteiger partial charge on any atom is -0.321 e. The van der Waals surface area contributed by atoms with E-state index in [0.29, 0.717) is 5.92 Å². The van der Waals surface area contributed by atoms with Crippen LogP contribution in [0, 0.1) is 29.6 Å². The van der Waals surface area contributed by atoms with E-state index < -0.39 is 0 Å². The molecule has 98 valence electrons. The van der Waals surface area contributed by atoms with Gasteiger partial charge in [-0.25, -0.2) is 4.68 Å². The summed E-state index contributed by atoms with van der Waals surface area (Å²) in [6.07, 6.45) is 7.08. The summed E-state index contributed by atoms with van der Waals surface area (Å²) in [5, 5.41) is 11.8. The normalized spacial score (nSPS) is 43.3. The molecule has 0 spiro atoms. The summed E-state index contributed by atoms with van der Waals surface area (Å²) in [7, 11) is 1.89. The molecule has 4 saturated carbocycles. The minimum absolute atomic E-state index is 0.0278. The first-order valence-corrected chi connectivity index (χ1v) is 7.20. The maximum Gasteiger partial charge on any atom is 0.168 e. The number of hydrogen-bond donors (Lipinski definition) is 1. The van der Waals surface area contributed by atoms with Gasteiger partial charge in [0.2, 0.25) is 0 Å². The van der Waals surface area contributed by atoms with Crippen LogP contribution in [0.2, 0.25) is 0 Å². The number of hydrogen-bond acceptors (Lipinski definition) is 4. The Kier molecular flexibility index (Phi) is 2.28. The number of rotatable bonds is 2. The molecule has 4 bridgehead atoms. The summed E-state index contributed by atoms with van der Waals surface area (Å²) in [5.41, 5.74) is 6.50. The molecule has 1 aromatic heterocycles. The average Bonchev–Trinajstić information content (AvgIpc) is 2.73. The predicted octanol–water partition coefficient (Wildman–Crippen LogP) is 1.28. The second kappa shape index (κ2) is 3.76. The highest BCUT2D eigenvalue weighted by atomic mass is 15.5. The highest BCUT2D eigenvalue weighted by molar-refractivity contribution is 5.05. The van der Waals surface area contributed by atoms with Crippen molar-refractivity contribution >= 4 is 0 Å². The van der Waals surface area contributed by atoms with Crippen molar-refractivity contribution in [2.45, 2.75) is 38.1 Å².